The van der Waals surface area contributed by atoms with E-state index < -0.39 is 6.09 Å². The molecule has 1 aliphatic heterocycles. The summed E-state index contributed by atoms with van der Waals surface area (Å²) in [4.78, 5) is 15.3. The first kappa shape index (κ1) is 11.3. The first-order chi connectivity index (χ1) is 6.77. The van der Waals surface area contributed by atoms with Gasteiger partial charge in [0.05, 0.1) is 5.94 Å². The number of nitrogens with zero attached hydrogens (tertiary/aromatic N) is 1. The van der Waals surface area contributed by atoms with Gasteiger partial charge >= 0.3 is 6.09 Å². The number of carbonyl (C=O) groups excluding carboxylic acids is 1. The summed E-state index contributed by atoms with van der Waals surface area (Å²) in [5.74, 6) is 0.584. The molecule has 1 unspecified atom stereocenters. The number of oxime groups is 1. The maximum Gasteiger partial charge on any atom is 0.433 e. The minimum atomic E-state index is -0.555. The van der Waals surface area contributed by atoms with Gasteiger partial charge in [-0.1, -0.05) is 30.3 Å². The van der Waals surface area contributed by atoms with Crippen molar-refractivity contribution < 1.29 is 14.4 Å². The first-order valence-electron chi connectivity index (χ1n) is 4.49. The van der Waals surface area contributed by atoms with Gasteiger partial charge in [-0.25, -0.2) is 4.79 Å². The Labute approximate surface area is 87.2 Å². The van der Waals surface area contributed by atoms with Crippen molar-refractivity contribution in [2.75, 3.05) is 13.0 Å². The third-order valence-electron chi connectivity index (χ3n) is 1.72. The molecule has 1 amide bonds. The van der Waals surface area contributed by atoms with Gasteiger partial charge in [0.1, 0.15) is 11.1 Å². The lowest BCUT2D eigenvalue weighted by atomic mass is 10.2. The Hall–Kier alpha value is -0.750. The summed E-state index contributed by atoms with van der Waals surface area (Å²) < 4.78 is 5.39. The molecule has 14 heavy (non-hydrogen) atoms. The zero-order valence-electron chi connectivity index (χ0n) is 8.28. The SMILES string of the molecule is CCCC1OCSC1=NOC(=O)NC. The minimum Gasteiger partial charge on any atom is -0.360 e. The maximum atomic E-state index is 10.7. The number of thioether (sulfide) groups is 1. The maximum absolute atomic E-state index is 10.7. The van der Waals surface area contributed by atoms with E-state index in [2.05, 4.69) is 22.2 Å². The van der Waals surface area contributed by atoms with Crippen LogP contribution < -0.4 is 5.32 Å². The molecule has 5 nitrogen and oxygen atoms in total. The number of carbonyl (C=O) groups is 1. The molecule has 6 heteroatoms. The Morgan fingerprint density at radius 2 is 2.64 bits per heavy atom. The Morgan fingerprint density at radius 3 is 3.29 bits per heavy atom. The van der Waals surface area contributed by atoms with E-state index in [4.69, 9.17) is 4.74 Å². The molecule has 0 spiro atoms. The Morgan fingerprint density at radius 1 is 1.86 bits per heavy atom. The summed E-state index contributed by atoms with van der Waals surface area (Å²) in [6.45, 7) is 2.07. The number of amides is 1. The highest BCUT2D eigenvalue weighted by atomic mass is 32.2. The second kappa shape index (κ2) is 5.87. The second-order valence-corrected chi connectivity index (χ2v) is 3.71. The molecule has 0 aromatic rings. The van der Waals surface area contributed by atoms with E-state index in [1.165, 1.54) is 18.8 Å². The molecule has 1 rings (SSSR count). The standard InChI is InChI=1S/C8H14N2O3S/c1-3-4-6-7(14-5-12-6)10-13-8(11)9-2/h6H,3-5H2,1-2H3,(H,9,11). The summed E-state index contributed by atoms with van der Waals surface area (Å²) in [6, 6.07) is 0. The average molecular weight is 218 g/mol. The monoisotopic (exact) mass is 218 g/mol. The third-order valence-corrected chi connectivity index (χ3v) is 2.61. The first-order valence-corrected chi connectivity index (χ1v) is 5.47. The van der Waals surface area contributed by atoms with Crippen molar-refractivity contribution in [3.8, 4) is 0 Å². The van der Waals surface area contributed by atoms with Crippen molar-refractivity contribution >= 4 is 22.9 Å². The van der Waals surface area contributed by atoms with E-state index in [1.54, 1.807) is 0 Å². The Balaban J connectivity index is 2.44. The Bertz CT molecular complexity index is 233. The molecular formula is C8H14N2O3S. The molecule has 1 heterocycles. The van der Waals surface area contributed by atoms with E-state index in [1.807, 2.05) is 0 Å². The van der Waals surface area contributed by atoms with Crippen molar-refractivity contribution in [1.82, 2.24) is 5.32 Å². The summed E-state index contributed by atoms with van der Waals surface area (Å²) in [5, 5.41) is 6.80. The fourth-order valence-corrected chi connectivity index (χ4v) is 1.84. The summed E-state index contributed by atoms with van der Waals surface area (Å²) in [7, 11) is 1.49. The molecule has 1 aliphatic rings. The van der Waals surface area contributed by atoms with Crippen molar-refractivity contribution in [3.63, 3.8) is 0 Å². The van der Waals surface area contributed by atoms with Gasteiger partial charge in [0, 0.05) is 7.05 Å². The molecule has 0 radical (unpaired) electrons. The molecule has 0 bridgehead atoms. The second-order valence-electron chi connectivity index (χ2n) is 2.76. The lowest BCUT2D eigenvalue weighted by molar-refractivity contribution is 0.134. The summed E-state index contributed by atoms with van der Waals surface area (Å²) in [5.41, 5.74) is 0. The van der Waals surface area contributed by atoms with Gasteiger partial charge in [-0.3, -0.25) is 4.84 Å². The molecule has 0 aromatic carbocycles. The zero-order chi connectivity index (χ0) is 10.4. The highest BCUT2D eigenvalue weighted by Crippen LogP contribution is 2.23. The predicted octanol–water partition coefficient (Wildman–Crippen LogP) is 1.55. The predicted molar refractivity (Wildman–Crippen MR) is 55.2 cm³/mol. The van der Waals surface area contributed by atoms with Gasteiger partial charge in [0.25, 0.3) is 0 Å². The molecular weight excluding hydrogens is 204 g/mol. The van der Waals surface area contributed by atoms with Gasteiger partial charge in [0.2, 0.25) is 0 Å². The van der Waals surface area contributed by atoms with Crippen LogP contribution in [0.5, 0.6) is 0 Å². The van der Waals surface area contributed by atoms with Gasteiger partial charge in [-0.15, -0.1) is 0 Å². The van der Waals surface area contributed by atoms with Gasteiger partial charge in [0.15, 0.2) is 0 Å². The van der Waals surface area contributed by atoms with Crippen molar-refractivity contribution in [2.24, 2.45) is 5.16 Å². The lowest BCUT2D eigenvalue weighted by Gasteiger charge is -2.06. The average Bonchev–Trinajstić information content (AvgIpc) is 2.62. The summed E-state index contributed by atoms with van der Waals surface area (Å²) >= 11 is 1.47. The highest BCUT2D eigenvalue weighted by molar-refractivity contribution is 8.14. The van der Waals surface area contributed by atoms with Crippen LogP contribution in [-0.4, -0.2) is 30.2 Å². The van der Waals surface area contributed by atoms with Gasteiger partial charge < -0.3 is 10.1 Å². The van der Waals surface area contributed by atoms with Crippen LogP contribution in [0.2, 0.25) is 0 Å². The largest absolute Gasteiger partial charge is 0.433 e. The van der Waals surface area contributed by atoms with E-state index >= 15 is 0 Å². The van der Waals surface area contributed by atoms with E-state index in [0.29, 0.717) is 5.94 Å². The molecule has 80 valence electrons. The van der Waals surface area contributed by atoms with Crippen LogP contribution in [0.4, 0.5) is 4.79 Å². The third kappa shape index (κ3) is 3.19. The number of hydrogen-bond acceptors (Lipinski definition) is 5. The molecule has 0 saturated carbocycles. The number of nitrogens with one attached hydrogen (secondary N) is 1. The van der Waals surface area contributed by atoms with Gasteiger partial charge in [-0.05, 0) is 6.42 Å². The van der Waals surface area contributed by atoms with Crippen LogP contribution in [0.25, 0.3) is 0 Å². The van der Waals surface area contributed by atoms with Crippen LogP contribution in [0.15, 0.2) is 5.16 Å². The van der Waals surface area contributed by atoms with Crippen LogP contribution in [0, 0.1) is 0 Å². The quantitative estimate of drug-likeness (QED) is 0.576. The van der Waals surface area contributed by atoms with Crippen molar-refractivity contribution in [2.45, 2.75) is 25.9 Å². The minimum absolute atomic E-state index is 0.00495. The molecule has 1 atom stereocenters. The lowest BCUT2D eigenvalue weighted by Crippen LogP contribution is -2.19. The summed E-state index contributed by atoms with van der Waals surface area (Å²) in [6.07, 6.45) is 1.36. The molecule has 1 fully saturated rings. The van der Waals surface area contributed by atoms with Crippen LogP contribution in [0.1, 0.15) is 19.8 Å². The molecule has 0 aliphatic carbocycles. The molecule has 0 aromatic heterocycles. The molecule has 1 saturated heterocycles. The normalized spacial score (nSPS) is 23.9. The zero-order valence-corrected chi connectivity index (χ0v) is 9.10. The van der Waals surface area contributed by atoms with E-state index in [-0.39, 0.29) is 6.10 Å². The van der Waals surface area contributed by atoms with E-state index in [0.717, 1.165) is 17.9 Å². The fraction of sp³-hybridized carbons (Fsp3) is 0.750. The fourth-order valence-electron chi connectivity index (χ4n) is 1.03. The van der Waals surface area contributed by atoms with Crippen LogP contribution >= 0.6 is 11.8 Å². The van der Waals surface area contributed by atoms with Crippen molar-refractivity contribution in [1.29, 1.82) is 0 Å². The topological polar surface area (TPSA) is 59.9 Å². The van der Waals surface area contributed by atoms with Crippen LogP contribution in [0.3, 0.4) is 0 Å². The molecule has 1 N–H and O–H groups in total. The van der Waals surface area contributed by atoms with Gasteiger partial charge in [-0.2, -0.15) is 0 Å². The van der Waals surface area contributed by atoms with Crippen molar-refractivity contribution in [3.05, 3.63) is 0 Å². The van der Waals surface area contributed by atoms with E-state index in [9.17, 15) is 4.79 Å². The highest BCUT2D eigenvalue weighted by Gasteiger charge is 2.24. The number of ether oxygens (including phenoxy) is 1. The Kier molecular flexibility index (Phi) is 4.75. The smallest absolute Gasteiger partial charge is 0.360 e. The number of rotatable bonds is 3. The van der Waals surface area contributed by atoms with Crippen LogP contribution in [-0.2, 0) is 9.57 Å². The number of hydrogen-bond donors (Lipinski definition) is 1.